The van der Waals surface area contributed by atoms with Crippen molar-refractivity contribution in [2.24, 2.45) is 5.41 Å². The average Bonchev–Trinajstić information content (AvgIpc) is 3.58. The van der Waals surface area contributed by atoms with Gasteiger partial charge in [0, 0.05) is 11.1 Å². The molecular weight excluding hydrogens is 428 g/mol. The highest BCUT2D eigenvalue weighted by molar-refractivity contribution is 5.93. The molecule has 168 valence electrons. The van der Waals surface area contributed by atoms with Crippen LogP contribution in [0.1, 0.15) is 29.7 Å². The molecular formula is C28H22N2O4. The lowest BCUT2D eigenvalue weighted by molar-refractivity contribution is -0.110. The molecule has 1 fully saturated rings. The highest BCUT2D eigenvalue weighted by Crippen LogP contribution is 2.42. The number of rotatable bonds is 5. The molecule has 0 aliphatic heterocycles. The number of aryl methyl sites for hydroxylation is 1. The van der Waals surface area contributed by atoms with E-state index in [1.165, 1.54) is 0 Å². The van der Waals surface area contributed by atoms with E-state index in [0.29, 0.717) is 17.1 Å². The molecule has 1 aliphatic rings. The quantitative estimate of drug-likeness (QED) is 0.303. The largest absolute Gasteiger partial charge is 0.444 e. The zero-order valence-electron chi connectivity index (χ0n) is 18.6. The van der Waals surface area contributed by atoms with Crippen LogP contribution in [0.5, 0.6) is 0 Å². The second-order valence-corrected chi connectivity index (χ2v) is 8.46. The van der Waals surface area contributed by atoms with E-state index in [1.54, 1.807) is 6.92 Å². The number of amides is 1. The average molecular weight is 450 g/mol. The maximum Gasteiger partial charge on any atom is 0.412 e. The molecule has 5 rings (SSSR count). The Kier molecular flexibility index (Phi) is 5.60. The number of nitrogens with zero attached hydrogens (tertiary/aromatic N) is 1. The Morgan fingerprint density at radius 3 is 2.65 bits per heavy atom. The highest BCUT2D eigenvalue weighted by Gasteiger charge is 2.40. The molecule has 1 heterocycles. The first-order valence-corrected chi connectivity index (χ1v) is 11.0. The standard InChI is InChI=1S/C28H22N2O4/c1-19-25(29-27(32)33-17-21-5-3-2-4-6-21)26(34-30-19)24-10-9-22-15-20(7-8-23(22)16-24)11-12-28(18-31)13-14-28/h2-10,15-16,18H,13-14,17H2,1H3,(H,29,32). The Morgan fingerprint density at radius 1 is 1.12 bits per heavy atom. The minimum absolute atomic E-state index is 0.168. The summed E-state index contributed by atoms with van der Waals surface area (Å²) in [7, 11) is 0. The van der Waals surface area contributed by atoms with E-state index in [-0.39, 0.29) is 6.61 Å². The van der Waals surface area contributed by atoms with Gasteiger partial charge in [-0.1, -0.05) is 65.5 Å². The number of nitrogens with one attached hydrogen (secondary N) is 1. The first-order valence-electron chi connectivity index (χ1n) is 11.0. The van der Waals surface area contributed by atoms with Crippen LogP contribution in [-0.2, 0) is 16.1 Å². The number of benzene rings is 3. The Balaban J connectivity index is 1.35. The lowest BCUT2D eigenvalue weighted by Gasteiger charge is -2.08. The van der Waals surface area contributed by atoms with Gasteiger partial charge in [0.25, 0.3) is 0 Å². The Bertz CT molecular complexity index is 1440. The summed E-state index contributed by atoms with van der Waals surface area (Å²) < 4.78 is 10.9. The zero-order valence-corrected chi connectivity index (χ0v) is 18.6. The summed E-state index contributed by atoms with van der Waals surface area (Å²) in [4.78, 5) is 23.5. The van der Waals surface area contributed by atoms with Crippen molar-refractivity contribution in [3.8, 4) is 23.2 Å². The van der Waals surface area contributed by atoms with Crippen LogP contribution in [0.25, 0.3) is 22.1 Å². The summed E-state index contributed by atoms with van der Waals surface area (Å²) in [5, 5.41) is 8.80. The second kappa shape index (κ2) is 8.87. The van der Waals surface area contributed by atoms with Crippen LogP contribution in [0.2, 0.25) is 0 Å². The molecule has 1 saturated carbocycles. The minimum atomic E-state index is -0.579. The van der Waals surface area contributed by atoms with E-state index in [2.05, 4.69) is 22.3 Å². The minimum Gasteiger partial charge on any atom is -0.444 e. The maximum absolute atomic E-state index is 12.4. The number of aldehydes is 1. The number of aromatic nitrogens is 1. The first-order chi connectivity index (χ1) is 16.5. The van der Waals surface area contributed by atoms with Crippen molar-refractivity contribution in [1.29, 1.82) is 0 Å². The molecule has 34 heavy (non-hydrogen) atoms. The number of anilines is 1. The molecule has 1 aliphatic carbocycles. The molecule has 6 heteroatoms. The monoisotopic (exact) mass is 450 g/mol. The van der Waals surface area contributed by atoms with Crippen molar-refractivity contribution in [2.75, 3.05) is 5.32 Å². The van der Waals surface area contributed by atoms with Gasteiger partial charge >= 0.3 is 6.09 Å². The molecule has 1 amide bonds. The number of carbonyl (C=O) groups excluding carboxylic acids is 2. The molecule has 0 bridgehead atoms. The van der Waals surface area contributed by atoms with Crippen LogP contribution in [0.4, 0.5) is 10.5 Å². The fourth-order valence-electron chi connectivity index (χ4n) is 3.64. The fourth-order valence-corrected chi connectivity index (χ4v) is 3.64. The molecule has 0 unspecified atom stereocenters. The van der Waals surface area contributed by atoms with E-state index >= 15 is 0 Å². The topological polar surface area (TPSA) is 81.4 Å². The third kappa shape index (κ3) is 4.55. The molecule has 3 aromatic carbocycles. The van der Waals surface area contributed by atoms with Gasteiger partial charge in [0.15, 0.2) is 5.76 Å². The van der Waals surface area contributed by atoms with Gasteiger partial charge in [-0.15, -0.1) is 0 Å². The van der Waals surface area contributed by atoms with Crippen molar-refractivity contribution in [1.82, 2.24) is 5.16 Å². The molecule has 0 atom stereocenters. The van der Waals surface area contributed by atoms with Crippen LogP contribution >= 0.6 is 0 Å². The molecule has 1 N–H and O–H groups in total. The van der Waals surface area contributed by atoms with Crippen molar-refractivity contribution >= 4 is 28.8 Å². The van der Waals surface area contributed by atoms with Crippen molar-refractivity contribution in [2.45, 2.75) is 26.4 Å². The van der Waals surface area contributed by atoms with E-state index in [4.69, 9.17) is 9.26 Å². The van der Waals surface area contributed by atoms with E-state index in [9.17, 15) is 9.59 Å². The van der Waals surface area contributed by atoms with Crippen LogP contribution < -0.4 is 5.32 Å². The zero-order chi connectivity index (χ0) is 23.5. The van der Waals surface area contributed by atoms with Crippen LogP contribution in [0.3, 0.4) is 0 Å². The first kappa shape index (κ1) is 21.5. The Morgan fingerprint density at radius 2 is 1.88 bits per heavy atom. The molecule has 1 aromatic heterocycles. The summed E-state index contributed by atoms with van der Waals surface area (Å²) in [5.74, 6) is 6.68. The van der Waals surface area contributed by atoms with E-state index in [0.717, 1.165) is 46.6 Å². The molecule has 0 radical (unpaired) electrons. The molecule has 6 nitrogen and oxygen atoms in total. The lowest BCUT2D eigenvalue weighted by atomic mass is 10.0. The number of carbonyl (C=O) groups is 2. The predicted molar refractivity (Wildman–Crippen MR) is 129 cm³/mol. The van der Waals surface area contributed by atoms with Crippen molar-refractivity contribution in [3.63, 3.8) is 0 Å². The van der Waals surface area contributed by atoms with Gasteiger partial charge in [-0.05, 0) is 54.3 Å². The van der Waals surface area contributed by atoms with Gasteiger partial charge in [0.05, 0.1) is 5.41 Å². The third-order valence-electron chi connectivity index (χ3n) is 5.88. The summed E-state index contributed by atoms with van der Waals surface area (Å²) >= 11 is 0. The summed E-state index contributed by atoms with van der Waals surface area (Å²) in [5.41, 5.74) is 3.15. The summed E-state index contributed by atoms with van der Waals surface area (Å²) in [6.07, 6.45) is 2.06. The summed E-state index contributed by atoms with van der Waals surface area (Å²) in [6.45, 7) is 1.93. The third-order valence-corrected chi connectivity index (χ3v) is 5.88. The highest BCUT2D eigenvalue weighted by atomic mass is 16.5. The predicted octanol–water partition coefficient (Wildman–Crippen LogP) is 5.88. The maximum atomic E-state index is 12.4. The Labute approximate surface area is 196 Å². The van der Waals surface area contributed by atoms with Crippen molar-refractivity contribution in [3.05, 3.63) is 83.6 Å². The van der Waals surface area contributed by atoms with E-state index in [1.807, 2.05) is 66.7 Å². The van der Waals surface area contributed by atoms with Gasteiger partial charge in [0.1, 0.15) is 24.3 Å². The van der Waals surface area contributed by atoms with Crippen molar-refractivity contribution < 1.29 is 18.8 Å². The van der Waals surface area contributed by atoms with Crippen LogP contribution in [-0.4, -0.2) is 17.5 Å². The van der Waals surface area contributed by atoms with Gasteiger partial charge in [-0.3, -0.25) is 5.32 Å². The van der Waals surface area contributed by atoms with Crippen LogP contribution in [0, 0.1) is 24.2 Å². The number of ether oxygens (including phenoxy) is 1. The number of hydrogen-bond donors (Lipinski definition) is 1. The molecule has 0 spiro atoms. The molecule has 4 aromatic rings. The smallest absolute Gasteiger partial charge is 0.412 e. The number of fused-ring (bicyclic) bond motifs is 1. The fraction of sp³-hybridized carbons (Fsp3) is 0.179. The van der Waals surface area contributed by atoms with Gasteiger partial charge in [0.2, 0.25) is 0 Å². The van der Waals surface area contributed by atoms with Gasteiger partial charge in [-0.25, -0.2) is 4.79 Å². The Hall–Kier alpha value is -4.37. The van der Waals surface area contributed by atoms with Gasteiger partial charge < -0.3 is 14.1 Å². The lowest BCUT2D eigenvalue weighted by Crippen LogP contribution is -2.14. The van der Waals surface area contributed by atoms with Gasteiger partial charge in [-0.2, -0.15) is 0 Å². The summed E-state index contributed by atoms with van der Waals surface area (Å²) in [6, 6.07) is 21.2. The normalized spacial score (nSPS) is 13.6. The second-order valence-electron chi connectivity index (χ2n) is 8.46. The number of hydrogen-bond acceptors (Lipinski definition) is 5. The molecule has 0 saturated heterocycles. The van der Waals surface area contributed by atoms with E-state index < -0.39 is 11.5 Å². The van der Waals surface area contributed by atoms with Crippen LogP contribution in [0.15, 0.2) is 71.3 Å². The SMILES string of the molecule is Cc1noc(-c2ccc3cc(C#CC4(C=O)CC4)ccc3c2)c1NC(=O)OCc1ccccc1.